The first-order valence-electron chi connectivity index (χ1n) is 8.86. The van der Waals surface area contributed by atoms with E-state index in [4.69, 9.17) is 12.2 Å². The van der Waals surface area contributed by atoms with Crippen molar-refractivity contribution in [2.24, 2.45) is 0 Å². The van der Waals surface area contributed by atoms with Gasteiger partial charge in [-0.25, -0.2) is 8.42 Å². The second kappa shape index (κ2) is 10.6. The van der Waals surface area contributed by atoms with Crippen molar-refractivity contribution in [2.45, 2.75) is 26.7 Å². The number of carboxylic acids is 1. The average Bonchev–Trinajstić information content (AvgIpc) is 3.10. The molecule has 1 saturated heterocycles. The van der Waals surface area contributed by atoms with E-state index < -0.39 is 28.5 Å². The van der Waals surface area contributed by atoms with Crippen LogP contribution >= 0.6 is 35.7 Å². The number of unbranched alkanes of at least 4 members (excludes halogenated alkanes) is 1. The predicted molar refractivity (Wildman–Crippen MR) is 119 cm³/mol. The van der Waals surface area contributed by atoms with Gasteiger partial charge in [-0.2, -0.15) is 0 Å². The molecule has 0 bridgehead atoms. The summed E-state index contributed by atoms with van der Waals surface area (Å²) < 4.78 is 32.3. The third kappa shape index (κ3) is 7.27. The fraction of sp³-hybridized carbons (Fsp3) is 0.389. The first-order valence-corrected chi connectivity index (χ1v) is 12.5. The van der Waals surface area contributed by atoms with Gasteiger partial charge in [0.1, 0.15) is 4.32 Å². The van der Waals surface area contributed by atoms with Crippen LogP contribution in [0.15, 0.2) is 44.8 Å². The Hall–Kier alpha value is -1.60. The van der Waals surface area contributed by atoms with Crippen LogP contribution in [0, 0.1) is 0 Å². The summed E-state index contributed by atoms with van der Waals surface area (Å²) in [5.74, 6) is -2.21. The summed E-state index contributed by atoms with van der Waals surface area (Å²) in [5, 5.41) is 13.7. The normalized spacial score (nSPS) is 20.6. The number of hydrogen-bond acceptors (Lipinski definition) is 10. The van der Waals surface area contributed by atoms with Crippen LogP contribution in [0.2, 0.25) is 0 Å². The zero-order valence-electron chi connectivity index (χ0n) is 16.3. The summed E-state index contributed by atoms with van der Waals surface area (Å²) in [6.07, 6.45) is 6.23. The molecule has 0 atom stereocenters. The van der Waals surface area contributed by atoms with E-state index in [9.17, 15) is 27.7 Å². The van der Waals surface area contributed by atoms with Crippen LogP contribution in [0.4, 0.5) is 0 Å². The first kappa shape index (κ1) is 24.7. The summed E-state index contributed by atoms with van der Waals surface area (Å²) >= 11 is 7.61. The number of thioether (sulfide) groups is 2. The number of hydrogen-bond donors (Lipinski definition) is 0. The lowest BCUT2D eigenvalue weighted by molar-refractivity contribution is -0.305. The molecule has 0 radical (unpaired) electrons. The van der Waals surface area contributed by atoms with Gasteiger partial charge in [-0.05, 0) is 49.8 Å². The Kier molecular flexibility index (Phi) is 8.73. The second-order valence-electron chi connectivity index (χ2n) is 6.55. The SMILES string of the molecule is CC1=CS/C(=C/C=C(C)/C=C2\SC(=S)N(CC(=O)[O-])C2=O)N1CCCCS(=O)(=O)[O-]. The van der Waals surface area contributed by atoms with Crippen molar-refractivity contribution in [3.05, 3.63) is 44.8 Å². The minimum absolute atomic E-state index is 0.180. The molecule has 0 aromatic rings. The molecule has 1 fully saturated rings. The maximum Gasteiger partial charge on any atom is 0.266 e. The molecule has 164 valence electrons. The fourth-order valence-corrected chi connectivity index (χ4v) is 5.42. The Morgan fingerprint density at radius 2 is 2.00 bits per heavy atom. The standard InChI is InChI=1S/C18H22N2O6S4/c1-12(9-14-17(23)20(10-16(21)22)18(27)29-14)5-6-15-19(13(2)11-28-15)7-3-4-8-30(24,25)26/h5-6,9,11H,3-4,7-8,10H2,1-2H3,(H,21,22)(H,24,25,26)/p-2/b12-5+,14-9-,15-6+. The molecule has 2 aliphatic heterocycles. The lowest BCUT2D eigenvalue weighted by Gasteiger charge is -2.21. The molecule has 12 heteroatoms. The van der Waals surface area contributed by atoms with Crippen molar-refractivity contribution in [3.63, 3.8) is 0 Å². The Balaban J connectivity index is 2.03. The Morgan fingerprint density at radius 3 is 2.63 bits per heavy atom. The smallest absolute Gasteiger partial charge is 0.266 e. The lowest BCUT2D eigenvalue weighted by Crippen LogP contribution is -2.40. The molecule has 8 nitrogen and oxygen atoms in total. The number of rotatable bonds is 9. The Bertz CT molecular complexity index is 965. The third-order valence-corrected chi connectivity index (χ3v) is 7.30. The Labute approximate surface area is 189 Å². The van der Waals surface area contributed by atoms with Crippen molar-refractivity contribution in [2.75, 3.05) is 18.8 Å². The van der Waals surface area contributed by atoms with E-state index in [1.165, 1.54) is 11.8 Å². The van der Waals surface area contributed by atoms with E-state index in [1.54, 1.807) is 6.08 Å². The second-order valence-corrected chi connectivity index (χ2v) is 10.6. The van der Waals surface area contributed by atoms with E-state index >= 15 is 0 Å². The minimum atomic E-state index is -4.20. The van der Waals surface area contributed by atoms with Crippen LogP contribution in [0.25, 0.3) is 0 Å². The lowest BCUT2D eigenvalue weighted by atomic mass is 10.2. The van der Waals surface area contributed by atoms with Gasteiger partial charge < -0.3 is 19.4 Å². The molecule has 0 aliphatic carbocycles. The maximum absolute atomic E-state index is 12.3. The molecule has 30 heavy (non-hydrogen) atoms. The summed E-state index contributed by atoms with van der Waals surface area (Å²) in [7, 11) is -4.20. The summed E-state index contributed by atoms with van der Waals surface area (Å²) in [6, 6.07) is 0. The summed E-state index contributed by atoms with van der Waals surface area (Å²) in [6.45, 7) is 3.77. The van der Waals surface area contributed by atoms with Gasteiger partial charge in [0.05, 0.1) is 32.6 Å². The molecule has 0 aromatic carbocycles. The maximum atomic E-state index is 12.3. The zero-order valence-corrected chi connectivity index (χ0v) is 19.6. The van der Waals surface area contributed by atoms with Gasteiger partial charge in [-0.15, -0.1) is 0 Å². The number of aliphatic carboxylic acids is 1. The third-order valence-electron chi connectivity index (χ3n) is 4.08. The number of carbonyl (C=O) groups excluding carboxylic acids is 2. The highest BCUT2D eigenvalue weighted by molar-refractivity contribution is 8.26. The van der Waals surface area contributed by atoms with Crippen LogP contribution in [-0.2, 0) is 19.7 Å². The minimum Gasteiger partial charge on any atom is -0.748 e. The fourth-order valence-electron chi connectivity index (χ4n) is 2.63. The van der Waals surface area contributed by atoms with E-state index in [-0.39, 0.29) is 10.1 Å². The predicted octanol–water partition coefficient (Wildman–Crippen LogP) is 1.50. The molecule has 1 amide bonds. The number of nitrogens with zero attached hydrogens (tertiary/aromatic N) is 2. The van der Waals surface area contributed by atoms with Crippen molar-refractivity contribution in [3.8, 4) is 0 Å². The van der Waals surface area contributed by atoms with Crippen molar-refractivity contribution in [1.82, 2.24) is 9.80 Å². The molecule has 0 spiro atoms. The number of carbonyl (C=O) groups is 2. The summed E-state index contributed by atoms with van der Waals surface area (Å²) in [5.41, 5.74) is 1.80. The van der Waals surface area contributed by atoms with Gasteiger partial charge in [0.15, 0.2) is 0 Å². The molecular weight excluding hydrogens is 468 g/mol. The van der Waals surface area contributed by atoms with Gasteiger partial charge in [0, 0.05) is 18.0 Å². The highest BCUT2D eigenvalue weighted by Crippen LogP contribution is 2.35. The van der Waals surface area contributed by atoms with E-state index in [0.29, 0.717) is 24.3 Å². The van der Waals surface area contributed by atoms with Gasteiger partial charge in [-0.3, -0.25) is 9.69 Å². The number of allylic oxidation sites excluding steroid dienone is 5. The molecule has 2 aliphatic rings. The topological polar surface area (TPSA) is 121 Å². The molecule has 2 rings (SSSR count). The van der Waals surface area contributed by atoms with Crippen LogP contribution < -0.4 is 5.11 Å². The van der Waals surface area contributed by atoms with Crippen molar-refractivity contribution in [1.29, 1.82) is 0 Å². The van der Waals surface area contributed by atoms with Gasteiger partial charge in [0.25, 0.3) is 5.91 Å². The first-order chi connectivity index (χ1) is 14.0. The van der Waals surface area contributed by atoms with Crippen LogP contribution in [-0.4, -0.2) is 57.8 Å². The zero-order chi connectivity index (χ0) is 22.5. The molecule has 0 unspecified atom stereocenters. The van der Waals surface area contributed by atoms with E-state index in [1.807, 2.05) is 36.3 Å². The molecule has 0 saturated carbocycles. The Morgan fingerprint density at radius 1 is 1.30 bits per heavy atom. The highest BCUT2D eigenvalue weighted by Gasteiger charge is 2.31. The average molecular weight is 489 g/mol. The molecule has 2 heterocycles. The number of carboxylic acid groups (broad SMARTS) is 1. The van der Waals surface area contributed by atoms with Crippen LogP contribution in [0.3, 0.4) is 0 Å². The molecule has 0 aromatic heterocycles. The quantitative estimate of drug-likeness (QED) is 0.204. The van der Waals surface area contributed by atoms with Gasteiger partial charge in [0.2, 0.25) is 0 Å². The van der Waals surface area contributed by atoms with Crippen LogP contribution in [0.5, 0.6) is 0 Å². The van der Waals surface area contributed by atoms with Crippen molar-refractivity contribution < 1.29 is 27.7 Å². The summed E-state index contributed by atoms with van der Waals surface area (Å²) in [4.78, 5) is 26.4. The molecular formula is C18H20N2O6S4-2. The van der Waals surface area contributed by atoms with Crippen LogP contribution in [0.1, 0.15) is 26.7 Å². The van der Waals surface area contributed by atoms with Crippen molar-refractivity contribution >= 4 is 62.1 Å². The van der Waals surface area contributed by atoms with Gasteiger partial charge in [-0.1, -0.05) is 41.8 Å². The van der Waals surface area contributed by atoms with E-state index in [0.717, 1.165) is 33.0 Å². The van der Waals surface area contributed by atoms with E-state index in [2.05, 4.69) is 0 Å². The highest BCUT2D eigenvalue weighted by atomic mass is 32.2. The molecule has 0 N–H and O–H groups in total. The van der Waals surface area contributed by atoms with Gasteiger partial charge >= 0.3 is 0 Å². The monoisotopic (exact) mass is 488 g/mol. The largest absolute Gasteiger partial charge is 0.748 e. The number of amides is 1. The number of thiocarbonyl (C=S) groups is 1.